The minimum atomic E-state index is -0.632. The number of carbonyl (C=O) groups excluding carboxylic acids is 1. The van der Waals surface area contributed by atoms with Crippen LogP contribution in [0.25, 0.3) is 0 Å². The van der Waals surface area contributed by atoms with Gasteiger partial charge in [-0.2, -0.15) is 5.26 Å². The quantitative estimate of drug-likeness (QED) is 0.682. The molecule has 1 atom stereocenters. The Morgan fingerprint density at radius 3 is 3.07 bits per heavy atom. The van der Waals surface area contributed by atoms with E-state index in [-0.39, 0.29) is 5.91 Å². The normalized spacial score (nSPS) is 25.7. The Morgan fingerprint density at radius 2 is 2.50 bits per heavy atom. The molecule has 1 fully saturated rings. The Labute approximate surface area is 84.2 Å². The summed E-state index contributed by atoms with van der Waals surface area (Å²) in [6.07, 6.45) is 2.93. The second-order valence-corrected chi connectivity index (χ2v) is 3.70. The Kier molecular flexibility index (Phi) is 3.90. The highest BCUT2D eigenvalue weighted by molar-refractivity contribution is 5.84. The van der Waals surface area contributed by atoms with E-state index in [0.717, 1.165) is 12.8 Å². The number of nitrogens with zero attached hydrogens (tertiary/aromatic N) is 1. The van der Waals surface area contributed by atoms with Gasteiger partial charge >= 0.3 is 0 Å². The molecule has 1 amide bonds. The van der Waals surface area contributed by atoms with Crippen LogP contribution >= 0.6 is 0 Å². The Hall–Kier alpha value is -1.08. The van der Waals surface area contributed by atoms with E-state index >= 15 is 0 Å². The molecular weight excluding hydrogens is 180 g/mol. The van der Waals surface area contributed by atoms with Crippen molar-refractivity contribution in [1.29, 1.82) is 5.26 Å². The third-order valence-electron chi connectivity index (χ3n) is 2.45. The highest BCUT2D eigenvalue weighted by Gasteiger charge is 2.37. The minimum absolute atomic E-state index is 0.0482. The van der Waals surface area contributed by atoms with Crippen LogP contribution in [0.3, 0.4) is 0 Å². The average Bonchev–Trinajstić information content (AvgIpc) is 2.61. The first-order valence-corrected chi connectivity index (χ1v) is 4.98. The van der Waals surface area contributed by atoms with Gasteiger partial charge in [0.2, 0.25) is 0 Å². The summed E-state index contributed by atoms with van der Waals surface area (Å²) in [5.74, 6) is -0.0482. The van der Waals surface area contributed by atoms with Crippen LogP contribution in [-0.2, 0) is 9.53 Å². The molecule has 0 bridgehead atoms. The first kappa shape index (κ1) is 11.0. The minimum Gasteiger partial charge on any atom is -0.365 e. The maximum atomic E-state index is 11.6. The maximum Gasteiger partial charge on any atom is 0.251 e. The molecule has 1 unspecified atom stereocenters. The van der Waals surface area contributed by atoms with Crippen molar-refractivity contribution in [1.82, 2.24) is 5.32 Å². The lowest BCUT2D eigenvalue weighted by Gasteiger charge is -2.21. The fourth-order valence-corrected chi connectivity index (χ4v) is 1.51. The highest BCUT2D eigenvalue weighted by atomic mass is 16.5. The number of nitrogens with one attached hydrogen (secondary N) is 1. The molecule has 4 nitrogen and oxygen atoms in total. The van der Waals surface area contributed by atoms with Crippen molar-refractivity contribution in [3.05, 3.63) is 0 Å². The summed E-state index contributed by atoms with van der Waals surface area (Å²) in [6, 6.07) is 2.04. The molecule has 0 radical (unpaired) electrons. The molecule has 1 aliphatic heterocycles. The molecule has 1 saturated heterocycles. The SMILES string of the molecule is CC1(C(=O)NCCCC#N)CCCO1. The first-order valence-electron chi connectivity index (χ1n) is 4.98. The number of nitriles is 1. The van der Waals surface area contributed by atoms with Crippen molar-refractivity contribution in [3.8, 4) is 6.07 Å². The summed E-state index contributed by atoms with van der Waals surface area (Å²) < 4.78 is 5.38. The van der Waals surface area contributed by atoms with Gasteiger partial charge in [-0.25, -0.2) is 0 Å². The van der Waals surface area contributed by atoms with Gasteiger partial charge in [-0.05, 0) is 26.2 Å². The fourth-order valence-electron chi connectivity index (χ4n) is 1.51. The number of hydrogen-bond acceptors (Lipinski definition) is 3. The summed E-state index contributed by atoms with van der Waals surface area (Å²) in [4.78, 5) is 11.6. The van der Waals surface area contributed by atoms with E-state index in [0.29, 0.717) is 26.0 Å². The molecule has 1 rings (SSSR count). The van der Waals surface area contributed by atoms with Crippen molar-refractivity contribution >= 4 is 5.91 Å². The van der Waals surface area contributed by atoms with Gasteiger partial charge in [-0.1, -0.05) is 0 Å². The number of hydrogen-bond donors (Lipinski definition) is 1. The lowest BCUT2D eigenvalue weighted by molar-refractivity contribution is -0.139. The molecule has 0 aromatic heterocycles. The molecule has 0 aliphatic carbocycles. The standard InChI is InChI=1S/C10H16N2O2/c1-10(5-4-8-14-10)9(13)12-7-3-2-6-11/h2-5,7-8H2,1H3,(H,12,13). The molecule has 0 aromatic rings. The number of rotatable bonds is 4. The van der Waals surface area contributed by atoms with Gasteiger partial charge in [0.05, 0.1) is 6.07 Å². The molecule has 4 heteroatoms. The second-order valence-electron chi connectivity index (χ2n) is 3.70. The molecule has 78 valence electrons. The van der Waals surface area contributed by atoms with Gasteiger partial charge < -0.3 is 10.1 Å². The lowest BCUT2D eigenvalue weighted by atomic mass is 10.0. The Morgan fingerprint density at radius 1 is 1.71 bits per heavy atom. The van der Waals surface area contributed by atoms with Crippen molar-refractivity contribution in [2.45, 2.75) is 38.2 Å². The van der Waals surface area contributed by atoms with E-state index in [2.05, 4.69) is 5.32 Å². The van der Waals surface area contributed by atoms with Crippen molar-refractivity contribution in [2.24, 2.45) is 0 Å². The van der Waals surface area contributed by atoms with Crippen LogP contribution in [0.1, 0.15) is 32.6 Å². The molecular formula is C10H16N2O2. The molecule has 1 aliphatic rings. The molecule has 0 spiro atoms. The number of amides is 1. The molecule has 1 heterocycles. The van der Waals surface area contributed by atoms with Gasteiger partial charge in [0.1, 0.15) is 5.60 Å². The van der Waals surface area contributed by atoms with Crippen LogP contribution in [0.5, 0.6) is 0 Å². The summed E-state index contributed by atoms with van der Waals surface area (Å²) in [7, 11) is 0. The predicted molar refractivity (Wildman–Crippen MR) is 51.4 cm³/mol. The zero-order valence-electron chi connectivity index (χ0n) is 8.51. The summed E-state index contributed by atoms with van der Waals surface area (Å²) >= 11 is 0. The molecule has 0 saturated carbocycles. The lowest BCUT2D eigenvalue weighted by Crippen LogP contribution is -2.44. The number of unbranched alkanes of at least 4 members (excludes halogenated alkanes) is 1. The summed E-state index contributed by atoms with van der Waals surface area (Å²) in [5, 5.41) is 11.1. The van der Waals surface area contributed by atoms with E-state index in [1.54, 1.807) is 0 Å². The summed E-state index contributed by atoms with van der Waals surface area (Å²) in [6.45, 7) is 3.05. The van der Waals surface area contributed by atoms with Crippen LogP contribution in [-0.4, -0.2) is 24.7 Å². The van der Waals surface area contributed by atoms with E-state index in [4.69, 9.17) is 10.00 Å². The van der Waals surface area contributed by atoms with E-state index in [1.807, 2.05) is 13.0 Å². The Balaban J connectivity index is 2.24. The third-order valence-corrected chi connectivity index (χ3v) is 2.45. The van der Waals surface area contributed by atoms with Crippen LogP contribution in [0, 0.1) is 11.3 Å². The fraction of sp³-hybridized carbons (Fsp3) is 0.800. The zero-order valence-corrected chi connectivity index (χ0v) is 8.51. The highest BCUT2D eigenvalue weighted by Crippen LogP contribution is 2.24. The van der Waals surface area contributed by atoms with Crippen molar-refractivity contribution in [3.63, 3.8) is 0 Å². The van der Waals surface area contributed by atoms with Crippen molar-refractivity contribution in [2.75, 3.05) is 13.2 Å². The third kappa shape index (κ3) is 2.71. The van der Waals surface area contributed by atoms with E-state index < -0.39 is 5.60 Å². The molecule has 0 aromatic carbocycles. The zero-order chi connectivity index (χ0) is 10.4. The van der Waals surface area contributed by atoms with Crippen LogP contribution in [0.15, 0.2) is 0 Å². The number of carbonyl (C=O) groups is 1. The summed E-state index contributed by atoms with van der Waals surface area (Å²) in [5.41, 5.74) is -0.632. The smallest absolute Gasteiger partial charge is 0.251 e. The van der Waals surface area contributed by atoms with Crippen LogP contribution in [0.2, 0.25) is 0 Å². The largest absolute Gasteiger partial charge is 0.365 e. The molecule has 1 N–H and O–H groups in total. The van der Waals surface area contributed by atoms with Crippen LogP contribution < -0.4 is 5.32 Å². The topological polar surface area (TPSA) is 62.1 Å². The average molecular weight is 196 g/mol. The van der Waals surface area contributed by atoms with Gasteiger partial charge in [0, 0.05) is 19.6 Å². The second kappa shape index (κ2) is 4.97. The van der Waals surface area contributed by atoms with Gasteiger partial charge in [0.25, 0.3) is 5.91 Å². The Bertz CT molecular complexity index is 239. The van der Waals surface area contributed by atoms with E-state index in [1.165, 1.54) is 0 Å². The molecule has 14 heavy (non-hydrogen) atoms. The predicted octanol–water partition coefficient (Wildman–Crippen LogP) is 0.975. The monoisotopic (exact) mass is 196 g/mol. The van der Waals surface area contributed by atoms with Gasteiger partial charge in [0.15, 0.2) is 0 Å². The number of ether oxygens (including phenoxy) is 1. The van der Waals surface area contributed by atoms with E-state index in [9.17, 15) is 4.79 Å². The van der Waals surface area contributed by atoms with Crippen LogP contribution in [0.4, 0.5) is 0 Å². The van der Waals surface area contributed by atoms with Gasteiger partial charge in [-0.15, -0.1) is 0 Å². The van der Waals surface area contributed by atoms with Gasteiger partial charge in [-0.3, -0.25) is 4.79 Å². The maximum absolute atomic E-state index is 11.6. The first-order chi connectivity index (χ1) is 6.69. The van der Waals surface area contributed by atoms with Crippen molar-refractivity contribution < 1.29 is 9.53 Å².